The number of nitrogens with zero attached hydrogens (tertiary/aromatic N) is 1. The standard InChI is InChI=1S/C6H7NO4/c1-3-4(5(8)9)7(2)11-6(3)10/h1-2H3,(H,8,9). The highest BCUT2D eigenvalue weighted by Gasteiger charge is 2.16. The fourth-order valence-electron chi connectivity index (χ4n) is 0.866. The number of rotatable bonds is 1. The second kappa shape index (κ2) is 2.26. The molecule has 60 valence electrons. The van der Waals surface area contributed by atoms with Gasteiger partial charge < -0.3 is 9.63 Å². The van der Waals surface area contributed by atoms with Crippen molar-refractivity contribution in [3.63, 3.8) is 0 Å². The molecule has 1 heterocycles. The van der Waals surface area contributed by atoms with E-state index in [0.29, 0.717) is 0 Å². The number of carbonyl (C=O) groups is 1. The number of aromatic carboxylic acids is 1. The fourth-order valence-corrected chi connectivity index (χ4v) is 0.866. The number of hydrogen-bond donors (Lipinski definition) is 1. The van der Waals surface area contributed by atoms with E-state index in [2.05, 4.69) is 4.52 Å². The number of hydrogen-bond acceptors (Lipinski definition) is 3. The molecule has 0 saturated carbocycles. The molecule has 1 aromatic rings. The number of aromatic nitrogens is 1. The van der Waals surface area contributed by atoms with Crippen molar-refractivity contribution in [1.29, 1.82) is 0 Å². The van der Waals surface area contributed by atoms with Crippen molar-refractivity contribution in [2.45, 2.75) is 6.92 Å². The zero-order valence-corrected chi connectivity index (χ0v) is 6.12. The minimum Gasteiger partial charge on any atom is -0.476 e. The predicted octanol–water partition coefficient (Wildman–Crippen LogP) is -0.0151. The topological polar surface area (TPSA) is 72.4 Å². The van der Waals surface area contributed by atoms with Crippen LogP contribution in [0.4, 0.5) is 0 Å². The molecule has 1 rings (SSSR count). The van der Waals surface area contributed by atoms with Crippen LogP contribution in [0.1, 0.15) is 16.1 Å². The average Bonchev–Trinajstić information content (AvgIpc) is 2.07. The van der Waals surface area contributed by atoms with E-state index in [1.807, 2.05) is 0 Å². The first kappa shape index (κ1) is 7.59. The summed E-state index contributed by atoms with van der Waals surface area (Å²) in [4.78, 5) is 21.2. The van der Waals surface area contributed by atoms with Crippen molar-refractivity contribution < 1.29 is 14.4 Å². The summed E-state index contributed by atoms with van der Waals surface area (Å²) in [5.74, 6) is -1.16. The summed E-state index contributed by atoms with van der Waals surface area (Å²) < 4.78 is 5.43. The van der Waals surface area contributed by atoms with E-state index >= 15 is 0 Å². The fraction of sp³-hybridized carbons (Fsp3) is 0.333. The van der Waals surface area contributed by atoms with Gasteiger partial charge in [-0.25, -0.2) is 14.3 Å². The first-order chi connectivity index (χ1) is 5.04. The lowest BCUT2D eigenvalue weighted by Crippen LogP contribution is -2.06. The SMILES string of the molecule is Cc1c(C(=O)O)n(C)oc1=O. The first-order valence-electron chi connectivity index (χ1n) is 2.94. The van der Waals surface area contributed by atoms with Crippen LogP contribution in [0.25, 0.3) is 0 Å². The third-order valence-electron chi connectivity index (χ3n) is 1.40. The Morgan fingerprint density at radius 1 is 1.64 bits per heavy atom. The summed E-state index contributed by atoms with van der Waals surface area (Å²) in [5.41, 5.74) is -0.583. The summed E-state index contributed by atoms with van der Waals surface area (Å²) >= 11 is 0. The van der Waals surface area contributed by atoms with Crippen LogP contribution in [-0.4, -0.2) is 15.8 Å². The highest BCUT2D eigenvalue weighted by molar-refractivity contribution is 5.86. The van der Waals surface area contributed by atoms with Crippen molar-refractivity contribution in [2.24, 2.45) is 7.05 Å². The molecular weight excluding hydrogens is 150 g/mol. The van der Waals surface area contributed by atoms with Gasteiger partial charge in [-0.05, 0) is 6.92 Å². The van der Waals surface area contributed by atoms with Crippen molar-refractivity contribution >= 4 is 5.97 Å². The molecule has 0 aliphatic heterocycles. The second-order valence-corrected chi connectivity index (χ2v) is 2.15. The quantitative estimate of drug-likeness (QED) is 0.622. The summed E-state index contributed by atoms with van der Waals surface area (Å²) in [6, 6.07) is 0. The summed E-state index contributed by atoms with van der Waals surface area (Å²) in [6.45, 7) is 1.41. The van der Waals surface area contributed by atoms with E-state index in [0.717, 1.165) is 4.74 Å². The van der Waals surface area contributed by atoms with Gasteiger partial charge in [-0.3, -0.25) is 0 Å². The van der Waals surface area contributed by atoms with E-state index in [-0.39, 0.29) is 11.3 Å². The summed E-state index contributed by atoms with van der Waals surface area (Å²) in [5, 5.41) is 8.54. The zero-order valence-electron chi connectivity index (χ0n) is 6.12. The lowest BCUT2D eigenvalue weighted by atomic mass is 10.3. The minimum atomic E-state index is -1.16. The average molecular weight is 157 g/mol. The van der Waals surface area contributed by atoms with Gasteiger partial charge in [0.15, 0.2) is 5.69 Å². The van der Waals surface area contributed by atoms with Crippen LogP contribution in [0.2, 0.25) is 0 Å². The summed E-state index contributed by atoms with van der Waals surface area (Å²) in [7, 11) is 1.37. The van der Waals surface area contributed by atoms with E-state index in [9.17, 15) is 9.59 Å². The number of carboxylic acids is 1. The maximum atomic E-state index is 10.7. The van der Waals surface area contributed by atoms with Crippen LogP contribution in [0.5, 0.6) is 0 Å². The molecule has 0 aromatic carbocycles. The smallest absolute Gasteiger partial charge is 0.361 e. The van der Waals surface area contributed by atoms with E-state index in [1.165, 1.54) is 14.0 Å². The molecule has 0 amide bonds. The van der Waals surface area contributed by atoms with Gasteiger partial charge in [0.2, 0.25) is 0 Å². The highest BCUT2D eigenvalue weighted by atomic mass is 16.5. The Hall–Kier alpha value is -1.52. The van der Waals surface area contributed by atoms with Crippen LogP contribution in [0.3, 0.4) is 0 Å². The third-order valence-corrected chi connectivity index (χ3v) is 1.40. The number of aryl methyl sites for hydroxylation is 1. The van der Waals surface area contributed by atoms with Crippen molar-refractivity contribution in [3.05, 3.63) is 21.7 Å². The first-order valence-corrected chi connectivity index (χ1v) is 2.94. The van der Waals surface area contributed by atoms with Crippen LogP contribution in [-0.2, 0) is 7.05 Å². The van der Waals surface area contributed by atoms with Gasteiger partial charge in [0.25, 0.3) is 0 Å². The molecule has 0 aliphatic carbocycles. The molecule has 1 aromatic heterocycles. The molecule has 0 aliphatic rings. The predicted molar refractivity (Wildman–Crippen MR) is 35.6 cm³/mol. The van der Waals surface area contributed by atoms with Gasteiger partial charge in [0.1, 0.15) is 0 Å². The van der Waals surface area contributed by atoms with Crippen molar-refractivity contribution in [1.82, 2.24) is 4.74 Å². The van der Waals surface area contributed by atoms with Crippen LogP contribution in [0, 0.1) is 6.92 Å². The molecule has 5 heteroatoms. The van der Waals surface area contributed by atoms with Crippen molar-refractivity contribution in [3.8, 4) is 0 Å². The second-order valence-electron chi connectivity index (χ2n) is 2.15. The van der Waals surface area contributed by atoms with Crippen molar-refractivity contribution in [2.75, 3.05) is 0 Å². The Balaban J connectivity index is 3.46. The molecule has 0 saturated heterocycles. The molecule has 1 N–H and O–H groups in total. The molecule has 5 nitrogen and oxygen atoms in total. The van der Waals surface area contributed by atoms with Gasteiger partial charge in [0.05, 0.1) is 5.56 Å². The Labute approximate surface area is 61.8 Å². The highest BCUT2D eigenvalue weighted by Crippen LogP contribution is 2.01. The van der Waals surface area contributed by atoms with E-state index in [4.69, 9.17) is 5.11 Å². The molecule has 0 fully saturated rings. The maximum Gasteiger partial charge on any atom is 0.361 e. The molecular formula is C6H7NO4. The van der Waals surface area contributed by atoms with Gasteiger partial charge in [-0.2, -0.15) is 0 Å². The van der Waals surface area contributed by atoms with Crippen LogP contribution < -0.4 is 5.63 Å². The Morgan fingerprint density at radius 3 is 2.36 bits per heavy atom. The zero-order chi connectivity index (χ0) is 8.59. The Kier molecular flexibility index (Phi) is 1.56. The van der Waals surface area contributed by atoms with Crippen LogP contribution >= 0.6 is 0 Å². The molecule has 0 radical (unpaired) electrons. The van der Waals surface area contributed by atoms with Gasteiger partial charge >= 0.3 is 11.6 Å². The van der Waals surface area contributed by atoms with E-state index < -0.39 is 11.6 Å². The van der Waals surface area contributed by atoms with Gasteiger partial charge in [0, 0.05) is 7.05 Å². The largest absolute Gasteiger partial charge is 0.476 e. The normalized spacial score (nSPS) is 10.0. The lowest BCUT2D eigenvalue weighted by Gasteiger charge is -1.92. The minimum absolute atomic E-state index is 0.102. The Bertz CT molecular complexity index is 346. The molecule has 0 bridgehead atoms. The monoisotopic (exact) mass is 157 g/mol. The maximum absolute atomic E-state index is 10.7. The molecule has 0 atom stereocenters. The Morgan fingerprint density at radius 2 is 2.18 bits per heavy atom. The molecule has 0 spiro atoms. The van der Waals surface area contributed by atoms with Gasteiger partial charge in [-0.15, -0.1) is 0 Å². The van der Waals surface area contributed by atoms with Gasteiger partial charge in [-0.1, -0.05) is 0 Å². The third kappa shape index (κ3) is 1.04. The van der Waals surface area contributed by atoms with Crippen LogP contribution in [0.15, 0.2) is 9.32 Å². The number of carboxylic acid groups (broad SMARTS) is 1. The molecule has 11 heavy (non-hydrogen) atoms. The summed E-state index contributed by atoms with van der Waals surface area (Å²) in [6.07, 6.45) is 0. The molecule has 0 unspecified atom stereocenters. The van der Waals surface area contributed by atoms with E-state index in [1.54, 1.807) is 0 Å². The lowest BCUT2D eigenvalue weighted by molar-refractivity contribution is 0.0672.